The van der Waals surface area contributed by atoms with Crippen LogP contribution < -0.4 is 0 Å². The summed E-state index contributed by atoms with van der Waals surface area (Å²) in [5, 5.41) is -1.75. The molecule has 8 heteroatoms. The molecule has 3 rings (SSSR count). The van der Waals surface area contributed by atoms with Gasteiger partial charge in [-0.1, -0.05) is 36.4 Å². The molecule has 0 N–H and O–H groups in total. The lowest BCUT2D eigenvalue weighted by molar-refractivity contribution is -0.130. The number of benzene rings is 2. The zero-order chi connectivity index (χ0) is 21.0. The number of amides is 1. The quantitative estimate of drug-likeness (QED) is 0.593. The van der Waals surface area contributed by atoms with Gasteiger partial charge >= 0.3 is 0 Å². The van der Waals surface area contributed by atoms with E-state index in [0.717, 1.165) is 0 Å². The molecule has 1 heterocycles. The van der Waals surface area contributed by atoms with Crippen molar-refractivity contribution in [2.24, 2.45) is 0 Å². The summed E-state index contributed by atoms with van der Waals surface area (Å²) in [6.45, 7) is 4.35. The Bertz CT molecular complexity index is 1090. The molecule has 0 bridgehead atoms. The van der Waals surface area contributed by atoms with E-state index in [2.05, 4.69) is 4.98 Å². The van der Waals surface area contributed by atoms with Crippen LogP contribution in [0.1, 0.15) is 24.7 Å². The number of carbonyl (C=O) groups excluding carboxylic acids is 1. The van der Waals surface area contributed by atoms with Crippen molar-refractivity contribution in [2.75, 3.05) is 13.1 Å². The van der Waals surface area contributed by atoms with Crippen LogP contribution in [0.2, 0.25) is 0 Å². The van der Waals surface area contributed by atoms with Crippen LogP contribution in [0, 0.1) is 5.82 Å². The number of hydrogen-bond donors (Lipinski definition) is 0. The third kappa shape index (κ3) is 4.07. The molecule has 0 aliphatic rings. The highest BCUT2D eigenvalue weighted by molar-refractivity contribution is 7.92. The fraction of sp³-hybridized carbons (Fsp3) is 0.238. The normalized spacial score (nSPS) is 12.5. The summed E-state index contributed by atoms with van der Waals surface area (Å²) in [4.78, 5) is 18.7. The average Bonchev–Trinajstić information content (AvgIpc) is 3.21. The zero-order valence-corrected chi connectivity index (χ0v) is 17.0. The highest BCUT2D eigenvalue weighted by atomic mass is 32.2. The number of imidazole rings is 1. The van der Waals surface area contributed by atoms with E-state index in [1.165, 1.54) is 40.1 Å². The van der Waals surface area contributed by atoms with Crippen LogP contribution in [-0.4, -0.2) is 41.9 Å². The second kappa shape index (κ2) is 8.57. The lowest BCUT2D eigenvalue weighted by Crippen LogP contribution is -2.38. The minimum absolute atomic E-state index is 0.308. The van der Waals surface area contributed by atoms with E-state index in [1.807, 2.05) is 0 Å². The monoisotopic (exact) mass is 415 g/mol. The van der Waals surface area contributed by atoms with Gasteiger partial charge in [-0.3, -0.25) is 9.36 Å². The topological polar surface area (TPSA) is 72.3 Å². The molecule has 1 amide bonds. The van der Waals surface area contributed by atoms with E-state index < -0.39 is 26.8 Å². The molecular formula is C21H22FN3O3S. The molecule has 1 aromatic heterocycles. The lowest BCUT2D eigenvalue weighted by atomic mass is 10.1. The van der Waals surface area contributed by atoms with Crippen LogP contribution in [0.3, 0.4) is 0 Å². The number of likely N-dealkylation sites (N-methyl/N-ethyl adjacent to an activating group) is 1. The summed E-state index contributed by atoms with van der Waals surface area (Å²) < 4.78 is 42.2. The predicted octanol–water partition coefficient (Wildman–Crippen LogP) is 3.39. The second-order valence-electron chi connectivity index (χ2n) is 6.41. The largest absolute Gasteiger partial charge is 0.342 e. The molecule has 0 saturated heterocycles. The van der Waals surface area contributed by atoms with E-state index in [9.17, 15) is 17.6 Å². The van der Waals surface area contributed by atoms with Gasteiger partial charge < -0.3 is 4.90 Å². The van der Waals surface area contributed by atoms with Gasteiger partial charge in [0, 0.05) is 25.5 Å². The molecule has 2 aromatic carbocycles. The molecule has 0 aliphatic carbocycles. The highest BCUT2D eigenvalue weighted by Crippen LogP contribution is 2.31. The van der Waals surface area contributed by atoms with Gasteiger partial charge in [0.2, 0.25) is 20.9 Å². The summed E-state index contributed by atoms with van der Waals surface area (Å²) in [6, 6.07) is 13.9. The first kappa shape index (κ1) is 20.7. The highest BCUT2D eigenvalue weighted by Gasteiger charge is 2.40. The molecule has 1 unspecified atom stereocenters. The number of nitrogens with zero attached hydrogens (tertiary/aromatic N) is 3. The molecule has 6 nitrogen and oxygen atoms in total. The van der Waals surface area contributed by atoms with Gasteiger partial charge in [0.25, 0.3) is 0 Å². The Morgan fingerprint density at radius 2 is 1.79 bits per heavy atom. The van der Waals surface area contributed by atoms with Crippen molar-refractivity contribution in [3.63, 3.8) is 0 Å². The van der Waals surface area contributed by atoms with E-state index in [1.54, 1.807) is 50.2 Å². The third-order valence-corrected chi connectivity index (χ3v) is 6.57. The predicted molar refractivity (Wildman–Crippen MR) is 108 cm³/mol. The van der Waals surface area contributed by atoms with E-state index in [4.69, 9.17) is 0 Å². The average molecular weight is 415 g/mol. The molecule has 0 aliphatic heterocycles. The molecule has 0 radical (unpaired) electrons. The summed E-state index contributed by atoms with van der Waals surface area (Å²) >= 11 is 0. The van der Waals surface area contributed by atoms with Gasteiger partial charge in [0.15, 0.2) is 5.25 Å². The standard InChI is InChI=1S/C21H22FN3O3S/c1-3-24(4-2)20(26)19(16-9-6-5-7-10-16)29(27,28)21-23-13-14-25(21)18-12-8-11-17(22)15-18/h5-15,19H,3-4H2,1-2H3. The fourth-order valence-electron chi connectivity index (χ4n) is 3.21. The lowest BCUT2D eigenvalue weighted by Gasteiger charge is -2.25. The van der Waals surface area contributed by atoms with Crippen LogP contribution in [0.5, 0.6) is 0 Å². The molecule has 0 saturated carbocycles. The molecule has 29 heavy (non-hydrogen) atoms. The molecule has 0 fully saturated rings. The Morgan fingerprint density at radius 3 is 2.41 bits per heavy atom. The SMILES string of the molecule is CCN(CC)C(=O)C(c1ccccc1)S(=O)(=O)c1nccn1-c1cccc(F)c1. The first-order chi connectivity index (χ1) is 13.9. The molecule has 152 valence electrons. The minimum atomic E-state index is -4.23. The maximum Gasteiger partial charge on any atom is 0.245 e. The van der Waals surface area contributed by atoms with Crippen LogP contribution in [0.4, 0.5) is 4.39 Å². The Labute approximate surface area is 169 Å². The van der Waals surface area contributed by atoms with E-state index in [-0.39, 0.29) is 5.16 Å². The van der Waals surface area contributed by atoms with Gasteiger partial charge in [-0.25, -0.2) is 17.8 Å². The number of carbonyl (C=O) groups is 1. The first-order valence-corrected chi connectivity index (χ1v) is 10.8. The number of aromatic nitrogens is 2. The van der Waals surface area contributed by atoms with Crippen molar-refractivity contribution in [3.8, 4) is 5.69 Å². The number of sulfone groups is 1. The van der Waals surface area contributed by atoms with Crippen LogP contribution in [0.25, 0.3) is 5.69 Å². The number of halogens is 1. The van der Waals surface area contributed by atoms with Crippen molar-refractivity contribution in [1.82, 2.24) is 14.5 Å². The van der Waals surface area contributed by atoms with Crippen LogP contribution in [0.15, 0.2) is 72.1 Å². The van der Waals surface area contributed by atoms with Gasteiger partial charge in [-0.2, -0.15) is 0 Å². The van der Waals surface area contributed by atoms with Gasteiger partial charge in [0.05, 0.1) is 5.69 Å². The van der Waals surface area contributed by atoms with Gasteiger partial charge in [0.1, 0.15) is 5.82 Å². The minimum Gasteiger partial charge on any atom is -0.342 e. The number of rotatable bonds is 7. The molecule has 1 atom stereocenters. The van der Waals surface area contributed by atoms with Crippen LogP contribution in [-0.2, 0) is 14.6 Å². The summed E-state index contributed by atoms with van der Waals surface area (Å²) in [6.07, 6.45) is 2.76. The van der Waals surface area contributed by atoms with Crippen molar-refractivity contribution < 1.29 is 17.6 Å². The third-order valence-electron chi connectivity index (χ3n) is 4.66. The smallest absolute Gasteiger partial charge is 0.245 e. The maximum atomic E-state index is 13.7. The maximum absolute atomic E-state index is 13.7. The summed E-state index contributed by atoms with van der Waals surface area (Å²) in [7, 11) is -4.23. The molecule has 3 aromatic rings. The van der Waals surface area contributed by atoms with Crippen molar-refractivity contribution in [3.05, 3.63) is 78.4 Å². The Hall–Kier alpha value is -3.00. The summed E-state index contributed by atoms with van der Waals surface area (Å²) in [5.74, 6) is -1.02. The van der Waals surface area contributed by atoms with E-state index >= 15 is 0 Å². The Balaban J connectivity index is 2.17. The van der Waals surface area contributed by atoms with E-state index in [0.29, 0.717) is 24.3 Å². The van der Waals surface area contributed by atoms with Gasteiger partial charge in [-0.15, -0.1) is 0 Å². The summed E-state index contributed by atoms with van der Waals surface area (Å²) in [5.41, 5.74) is 0.668. The van der Waals surface area contributed by atoms with Crippen LogP contribution >= 0.6 is 0 Å². The molecule has 0 spiro atoms. The second-order valence-corrected chi connectivity index (χ2v) is 8.33. The zero-order valence-electron chi connectivity index (χ0n) is 16.2. The first-order valence-electron chi connectivity index (χ1n) is 9.27. The molecular weight excluding hydrogens is 393 g/mol. The number of hydrogen-bond acceptors (Lipinski definition) is 4. The fourth-order valence-corrected chi connectivity index (χ4v) is 5.00. The van der Waals surface area contributed by atoms with Crippen molar-refractivity contribution >= 4 is 15.7 Å². The Morgan fingerprint density at radius 1 is 1.10 bits per heavy atom. The van der Waals surface area contributed by atoms with Gasteiger partial charge in [-0.05, 0) is 37.6 Å². The Kier molecular flexibility index (Phi) is 6.12. The van der Waals surface area contributed by atoms with Crippen molar-refractivity contribution in [1.29, 1.82) is 0 Å². The van der Waals surface area contributed by atoms with Crippen molar-refractivity contribution in [2.45, 2.75) is 24.3 Å².